The molecule has 0 unspecified atom stereocenters. The zero-order valence-corrected chi connectivity index (χ0v) is 12.4. The molecular formula is C15H27NO4. The standard InChI is InChI=1S/C8H13NO4.C7H14/c10-7(11)5-9-8(12)13-6-3-1-2-4-6;1-3-5-7-6-4-2/h6H,1-5H2,(H,9,12)(H,10,11);3H,1,4-7H2,2H3. The number of amides is 1. The van der Waals surface area contributed by atoms with Crippen LogP contribution in [-0.4, -0.2) is 29.8 Å². The predicted molar refractivity (Wildman–Crippen MR) is 78.7 cm³/mol. The Bertz CT molecular complexity index is 286. The lowest BCUT2D eigenvalue weighted by atomic mass is 10.2. The molecule has 0 spiro atoms. The highest BCUT2D eigenvalue weighted by Crippen LogP contribution is 2.20. The van der Waals surface area contributed by atoms with Gasteiger partial charge in [-0.3, -0.25) is 4.79 Å². The van der Waals surface area contributed by atoms with Crippen LogP contribution >= 0.6 is 0 Å². The maximum atomic E-state index is 10.9. The van der Waals surface area contributed by atoms with E-state index in [-0.39, 0.29) is 12.6 Å². The summed E-state index contributed by atoms with van der Waals surface area (Å²) in [6.07, 6.45) is 10.4. The van der Waals surface area contributed by atoms with Crippen molar-refractivity contribution in [1.29, 1.82) is 0 Å². The first-order valence-electron chi connectivity index (χ1n) is 7.37. The molecule has 116 valence electrons. The highest BCUT2D eigenvalue weighted by Gasteiger charge is 2.19. The van der Waals surface area contributed by atoms with Crippen molar-refractivity contribution < 1.29 is 19.4 Å². The van der Waals surface area contributed by atoms with Crippen molar-refractivity contribution in [3.05, 3.63) is 12.7 Å². The molecule has 0 atom stereocenters. The van der Waals surface area contributed by atoms with Crippen molar-refractivity contribution in [2.24, 2.45) is 0 Å². The smallest absolute Gasteiger partial charge is 0.407 e. The minimum absolute atomic E-state index is 0.0196. The van der Waals surface area contributed by atoms with E-state index < -0.39 is 12.1 Å². The van der Waals surface area contributed by atoms with Crippen LogP contribution in [0.4, 0.5) is 4.79 Å². The summed E-state index contributed by atoms with van der Waals surface area (Å²) >= 11 is 0. The van der Waals surface area contributed by atoms with Gasteiger partial charge in [0.2, 0.25) is 0 Å². The van der Waals surface area contributed by atoms with E-state index in [4.69, 9.17) is 9.84 Å². The first-order valence-corrected chi connectivity index (χ1v) is 7.37. The van der Waals surface area contributed by atoms with Crippen LogP contribution in [0, 0.1) is 0 Å². The van der Waals surface area contributed by atoms with E-state index in [1.165, 1.54) is 25.7 Å². The van der Waals surface area contributed by atoms with Gasteiger partial charge in [-0.15, -0.1) is 6.58 Å². The first kappa shape index (κ1) is 18.5. The van der Waals surface area contributed by atoms with Gasteiger partial charge < -0.3 is 15.2 Å². The molecule has 0 aliphatic heterocycles. The molecule has 1 rings (SSSR count). The molecule has 0 bridgehead atoms. The number of carbonyl (C=O) groups is 2. The Morgan fingerprint density at radius 1 is 1.35 bits per heavy atom. The molecule has 0 aromatic carbocycles. The fourth-order valence-electron chi connectivity index (χ4n) is 1.89. The minimum Gasteiger partial charge on any atom is -0.480 e. The van der Waals surface area contributed by atoms with Crippen LogP contribution in [0.2, 0.25) is 0 Å². The van der Waals surface area contributed by atoms with Crippen molar-refractivity contribution in [2.75, 3.05) is 6.54 Å². The lowest BCUT2D eigenvalue weighted by Crippen LogP contribution is -2.32. The van der Waals surface area contributed by atoms with Gasteiger partial charge >= 0.3 is 12.1 Å². The fourth-order valence-corrected chi connectivity index (χ4v) is 1.89. The molecule has 0 saturated heterocycles. The molecule has 2 N–H and O–H groups in total. The van der Waals surface area contributed by atoms with Gasteiger partial charge in [0.05, 0.1) is 0 Å². The van der Waals surface area contributed by atoms with Gasteiger partial charge in [0.25, 0.3) is 0 Å². The number of rotatable bonds is 7. The number of hydrogen-bond donors (Lipinski definition) is 2. The fraction of sp³-hybridized carbons (Fsp3) is 0.733. The lowest BCUT2D eigenvalue weighted by Gasteiger charge is -2.10. The predicted octanol–water partition coefficient (Wildman–Crippen LogP) is 3.49. The lowest BCUT2D eigenvalue weighted by molar-refractivity contribution is -0.135. The van der Waals surface area contributed by atoms with Crippen LogP contribution in [0.5, 0.6) is 0 Å². The summed E-state index contributed by atoms with van der Waals surface area (Å²) in [5, 5.41) is 10.4. The number of nitrogens with one attached hydrogen (secondary N) is 1. The van der Waals surface area contributed by atoms with E-state index in [0.717, 1.165) is 25.7 Å². The number of carbonyl (C=O) groups excluding carboxylic acids is 1. The Hall–Kier alpha value is -1.52. The largest absolute Gasteiger partial charge is 0.480 e. The molecular weight excluding hydrogens is 258 g/mol. The number of carboxylic acids is 1. The van der Waals surface area contributed by atoms with Crippen LogP contribution in [-0.2, 0) is 9.53 Å². The maximum absolute atomic E-state index is 10.9. The Labute approximate surface area is 121 Å². The average molecular weight is 285 g/mol. The number of ether oxygens (including phenoxy) is 1. The summed E-state index contributed by atoms with van der Waals surface area (Å²) < 4.78 is 4.95. The average Bonchev–Trinajstić information content (AvgIpc) is 2.91. The summed E-state index contributed by atoms with van der Waals surface area (Å²) in [6.45, 7) is 5.46. The molecule has 1 aliphatic rings. The van der Waals surface area contributed by atoms with Crippen molar-refractivity contribution in [3.63, 3.8) is 0 Å². The van der Waals surface area contributed by atoms with Gasteiger partial charge in [0.1, 0.15) is 12.6 Å². The molecule has 5 heteroatoms. The Morgan fingerprint density at radius 2 is 2.00 bits per heavy atom. The summed E-state index contributed by atoms with van der Waals surface area (Å²) in [4.78, 5) is 21.0. The number of allylic oxidation sites excluding steroid dienone is 1. The van der Waals surface area contributed by atoms with E-state index >= 15 is 0 Å². The summed E-state index contributed by atoms with van der Waals surface area (Å²) in [7, 11) is 0. The number of hydrogen-bond acceptors (Lipinski definition) is 3. The van der Waals surface area contributed by atoms with Crippen molar-refractivity contribution in [3.8, 4) is 0 Å². The first-order chi connectivity index (χ1) is 9.60. The van der Waals surface area contributed by atoms with Crippen LogP contribution in [0.1, 0.15) is 58.3 Å². The molecule has 1 saturated carbocycles. The Balaban J connectivity index is 0.000000441. The van der Waals surface area contributed by atoms with Crippen molar-refractivity contribution in [1.82, 2.24) is 5.32 Å². The Kier molecular flexibility index (Phi) is 11.6. The Morgan fingerprint density at radius 3 is 2.50 bits per heavy atom. The molecule has 0 heterocycles. The molecule has 1 amide bonds. The molecule has 20 heavy (non-hydrogen) atoms. The third-order valence-electron chi connectivity index (χ3n) is 2.97. The van der Waals surface area contributed by atoms with Crippen LogP contribution < -0.4 is 5.32 Å². The van der Waals surface area contributed by atoms with E-state index in [1.54, 1.807) is 0 Å². The third-order valence-corrected chi connectivity index (χ3v) is 2.97. The number of carboxylic acid groups (broad SMARTS) is 1. The van der Waals surface area contributed by atoms with Crippen molar-refractivity contribution >= 4 is 12.1 Å². The molecule has 0 aromatic heterocycles. The van der Waals surface area contributed by atoms with Gasteiger partial charge in [-0.2, -0.15) is 0 Å². The number of alkyl carbamates (subject to hydrolysis) is 1. The number of aliphatic carboxylic acids is 1. The summed E-state index contributed by atoms with van der Waals surface area (Å²) in [5.74, 6) is -1.07. The highest BCUT2D eigenvalue weighted by atomic mass is 16.6. The van der Waals surface area contributed by atoms with Gasteiger partial charge in [-0.05, 0) is 38.5 Å². The van der Waals surface area contributed by atoms with Crippen LogP contribution in [0.3, 0.4) is 0 Å². The van der Waals surface area contributed by atoms with Crippen molar-refractivity contribution in [2.45, 2.75) is 64.4 Å². The van der Waals surface area contributed by atoms with Gasteiger partial charge in [0.15, 0.2) is 0 Å². The minimum atomic E-state index is -1.07. The van der Waals surface area contributed by atoms with E-state index in [2.05, 4.69) is 18.8 Å². The van der Waals surface area contributed by atoms with E-state index in [0.29, 0.717) is 0 Å². The maximum Gasteiger partial charge on any atom is 0.407 e. The van der Waals surface area contributed by atoms with E-state index in [9.17, 15) is 9.59 Å². The second-order valence-corrected chi connectivity index (χ2v) is 4.84. The molecule has 5 nitrogen and oxygen atoms in total. The zero-order valence-electron chi connectivity index (χ0n) is 12.4. The monoisotopic (exact) mass is 285 g/mol. The zero-order chi connectivity index (χ0) is 15.2. The van der Waals surface area contributed by atoms with Gasteiger partial charge in [-0.1, -0.05) is 25.8 Å². The molecule has 0 aromatic rings. The highest BCUT2D eigenvalue weighted by molar-refractivity contribution is 5.76. The van der Waals surface area contributed by atoms with E-state index in [1.807, 2.05) is 6.08 Å². The van der Waals surface area contributed by atoms with Gasteiger partial charge in [-0.25, -0.2) is 4.79 Å². The second-order valence-electron chi connectivity index (χ2n) is 4.84. The molecule has 1 aliphatic carbocycles. The molecule has 1 fully saturated rings. The summed E-state index contributed by atoms with van der Waals surface area (Å²) in [6, 6.07) is 0. The molecule has 0 radical (unpaired) electrons. The van der Waals surface area contributed by atoms with Gasteiger partial charge in [0, 0.05) is 0 Å². The van der Waals surface area contributed by atoms with Crippen LogP contribution in [0.25, 0.3) is 0 Å². The quantitative estimate of drug-likeness (QED) is 0.554. The topological polar surface area (TPSA) is 75.6 Å². The normalized spacial score (nSPS) is 14.1. The third kappa shape index (κ3) is 11.6. The van der Waals surface area contributed by atoms with Crippen LogP contribution in [0.15, 0.2) is 12.7 Å². The number of unbranched alkanes of at least 4 members (excludes halogenated alkanes) is 3. The summed E-state index contributed by atoms with van der Waals surface area (Å²) in [5.41, 5.74) is 0. The SMILES string of the molecule is C=CCCCCC.O=C(O)CNC(=O)OC1CCCC1. The second kappa shape index (κ2) is 12.5.